The van der Waals surface area contributed by atoms with Crippen LogP contribution in [0, 0.1) is 19.7 Å². The van der Waals surface area contributed by atoms with Gasteiger partial charge >= 0.3 is 0 Å². The maximum Gasteiger partial charge on any atom is 0.262 e. The first-order valence-electron chi connectivity index (χ1n) is 10.6. The first-order valence-corrected chi connectivity index (χ1v) is 11.5. The normalized spacial score (nSPS) is 13.4. The SMILES string of the molecule is Cc1ccc(N=c2scc(-c3ccc4c(c3)NC(=O)CO4)n2Cc2ccc(F)cc2)cc1C. The summed E-state index contributed by atoms with van der Waals surface area (Å²) in [6.45, 7) is 4.71. The number of hydrogen-bond acceptors (Lipinski definition) is 4. The van der Waals surface area contributed by atoms with Crippen LogP contribution in [0.1, 0.15) is 16.7 Å². The van der Waals surface area contributed by atoms with Crippen LogP contribution in [-0.2, 0) is 11.3 Å². The summed E-state index contributed by atoms with van der Waals surface area (Å²) < 4.78 is 21.1. The smallest absolute Gasteiger partial charge is 0.262 e. The molecule has 0 fully saturated rings. The molecule has 1 N–H and O–H groups in total. The Morgan fingerprint density at radius 3 is 2.67 bits per heavy atom. The number of halogens is 1. The van der Waals surface area contributed by atoms with Gasteiger partial charge in [0.1, 0.15) is 11.6 Å². The molecule has 3 aromatic carbocycles. The highest BCUT2D eigenvalue weighted by Gasteiger charge is 2.18. The largest absolute Gasteiger partial charge is 0.482 e. The molecular formula is C26H22FN3O2S. The molecule has 0 radical (unpaired) electrons. The summed E-state index contributed by atoms with van der Waals surface area (Å²) in [6.07, 6.45) is 0. The zero-order valence-electron chi connectivity index (χ0n) is 18.3. The Balaban J connectivity index is 1.63. The molecule has 0 atom stereocenters. The Bertz CT molecular complexity index is 1420. The van der Waals surface area contributed by atoms with Gasteiger partial charge in [-0.3, -0.25) is 4.79 Å². The lowest BCUT2D eigenvalue weighted by Gasteiger charge is -2.19. The van der Waals surface area contributed by atoms with Crippen LogP contribution >= 0.6 is 11.3 Å². The summed E-state index contributed by atoms with van der Waals surface area (Å²) in [4.78, 5) is 17.5. The second kappa shape index (κ2) is 8.67. The topological polar surface area (TPSA) is 55.6 Å². The zero-order chi connectivity index (χ0) is 22.9. The van der Waals surface area contributed by atoms with E-state index < -0.39 is 0 Å². The summed E-state index contributed by atoms with van der Waals surface area (Å²) in [7, 11) is 0. The lowest BCUT2D eigenvalue weighted by atomic mass is 10.1. The van der Waals surface area contributed by atoms with Crippen molar-refractivity contribution in [3.8, 4) is 17.0 Å². The number of amides is 1. The van der Waals surface area contributed by atoms with Crippen molar-refractivity contribution in [3.05, 3.63) is 93.4 Å². The van der Waals surface area contributed by atoms with Crippen molar-refractivity contribution in [1.29, 1.82) is 0 Å². The van der Waals surface area contributed by atoms with Crippen molar-refractivity contribution in [1.82, 2.24) is 4.57 Å². The lowest BCUT2D eigenvalue weighted by molar-refractivity contribution is -0.118. The molecule has 1 aromatic heterocycles. The van der Waals surface area contributed by atoms with Gasteiger partial charge in [-0.2, -0.15) is 0 Å². The van der Waals surface area contributed by atoms with Crippen molar-refractivity contribution in [2.75, 3.05) is 11.9 Å². The van der Waals surface area contributed by atoms with Crippen molar-refractivity contribution in [2.24, 2.45) is 4.99 Å². The highest BCUT2D eigenvalue weighted by molar-refractivity contribution is 7.07. The Morgan fingerprint density at radius 2 is 1.88 bits per heavy atom. The third kappa shape index (κ3) is 4.45. The first kappa shape index (κ1) is 21.2. The van der Waals surface area contributed by atoms with Crippen molar-refractivity contribution >= 4 is 28.6 Å². The molecule has 4 aromatic rings. The maximum absolute atomic E-state index is 13.5. The van der Waals surface area contributed by atoms with Crippen LogP contribution in [0.25, 0.3) is 11.3 Å². The second-order valence-electron chi connectivity index (χ2n) is 8.04. The molecule has 0 aliphatic carbocycles. The Kier molecular flexibility index (Phi) is 5.56. The molecule has 1 aliphatic heterocycles. The molecular weight excluding hydrogens is 437 g/mol. The number of hydrogen-bond donors (Lipinski definition) is 1. The van der Waals surface area contributed by atoms with Gasteiger partial charge in [-0.05, 0) is 73.0 Å². The number of carbonyl (C=O) groups is 1. The van der Waals surface area contributed by atoms with E-state index in [-0.39, 0.29) is 18.3 Å². The van der Waals surface area contributed by atoms with E-state index in [0.29, 0.717) is 18.0 Å². The van der Waals surface area contributed by atoms with Crippen LogP contribution in [-0.4, -0.2) is 17.1 Å². The van der Waals surface area contributed by atoms with E-state index in [1.807, 2.05) is 24.3 Å². The number of ether oxygens (including phenoxy) is 1. The number of fused-ring (bicyclic) bond motifs is 1. The standard InChI is InChI=1S/C26H22FN3O2S/c1-16-3-9-21(11-17(16)2)28-26-30(13-18-4-7-20(27)8-5-18)23(15-33-26)19-6-10-24-22(12-19)29-25(31)14-32-24/h3-12,15H,13-14H2,1-2H3,(H,29,31). The molecule has 1 amide bonds. The fraction of sp³-hybridized carbons (Fsp3) is 0.154. The number of nitrogens with one attached hydrogen (secondary N) is 1. The predicted octanol–water partition coefficient (Wildman–Crippen LogP) is 5.58. The van der Waals surface area contributed by atoms with E-state index in [1.165, 1.54) is 34.6 Å². The van der Waals surface area contributed by atoms with Crippen LogP contribution < -0.4 is 14.9 Å². The van der Waals surface area contributed by atoms with E-state index in [4.69, 9.17) is 9.73 Å². The van der Waals surface area contributed by atoms with Gasteiger partial charge in [0.05, 0.1) is 23.6 Å². The minimum absolute atomic E-state index is 0.0222. The Labute approximate surface area is 194 Å². The fourth-order valence-electron chi connectivity index (χ4n) is 3.72. The summed E-state index contributed by atoms with van der Waals surface area (Å²) in [5, 5.41) is 4.92. The molecule has 0 bridgehead atoms. The van der Waals surface area contributed by atoms with Gasteiger partial charge in [0, 0.05) is 10.9 Å². The Morgan fingerprint density at radius 1 is 1.06 bits per heavy atom. The van der Waals surface area contributed by atoms with E-state index in [2.05, 4.69) is 41.2 Å². The number of aromatic nitrogens is 1. The third-order valence-corrected chi connectivity index (χ3v) is 6.54. The van der Waals surface area contributed by atoms with Gasteiger partial charge < -0.3 is 14.6 Å². The quantitative estimate of drug-likeness (QED) is 0.433. The Hall–Kier alpha value is -3.71. The number of nitrogens with zero attached hydrogens (tertiary/aromatic N) is 2. The van der Waals surface area contributed by atoms with Crippen LogP contribution in [0.2, 0.25) is 0 Å². The molecule has 166 valence electrons. The minimum atomic E-state index is -0.264. The summed E-state index contributed by atoms with van der Waals surface area (Å²) in [5.74, 6) is 0.216. The first-order chi connectivity index (χ1) is 16.0. The van der Waals surface area contributed by atoms with Crippen LogP contribution in [0.5, 0.6) is 5.75 Å². The number of rotatable bonds is 4. The number of aryl methyl sites for hydroxylation is 2. The summed E-state index contributed by atoms with van der Waals surface area (Å²) >= 11 is 1.54. The monoisotopic (exact) mass is 459 g/mol. The maximum atomic E-state index is 13.5. The van der Waals surface area contributed by atoms with Crippen LogP contribution in [0.15, 0.2) is 71.0 Å². The molecule has 5 nitrogen and oxygen atoms in total. The van der Waals surface area contributed by atoms with E-state index in [0.717, 1.165) is 27.3 Å². The van der Waals surface area contributed by atoms with Crippen molar-refractivity contribution < 1.29 is 13.9 Å². The number of anilines is 1. The average molecular weight is 460 g/mol. The van der Waals surface area contributed by atoms with Crippen LogP contribution in [0.4, 0.5) is 15.8 Å². The number of carbonyl (C=O) groups excluding carboxylic acids is 1. The number of thiazole rings is 1. The second-order valence-corrected chi connectivity index (χ2v) is 8.88. The van der Waals surface area contributed by atoms with Crippen LogP contribution in [0.3, 0.4) is 0 Å². The molecule has 1 aliphatic rings. The molecule has 0 spiro atoms. The van der Waals surface area contributed by atoms with Gasteiger partial charge in [-0.15, -0.1) is 11.3 Å². The molecule has 7 heteroatoms. The molecule has 2 heterocycles. The predicted molar refractivity (Wildman–Crippen MR) is 129 cm³/mol. The zero-order valence-corrected chi connectivity index (χ0v) is 19.1. The van der Waals surface area contributed by atoms with E-state index >= 15 is 0 Å². The van der Waals surface area contributed by atoms with Gasteiger partial charge in [0.15, 0.2) is 11.4 Å². The van der Waals surface area contributed by atoms with Gasteiger partial charge in [-0.1, -0.05) is 18.2 Å². The van der Waals surface area contributed by atoms with E-state index in [1.54, 1.807) is 12.1 Å². The molecule has 0 saturated carbocycles. The van der Waals surface area contributed by atoms with Crippen molar-refractivity contribution in [2.45, 2.75) is 20.4 Å². The van der Waals surface area contributed by atoms with Gasteiger partial charge in [0.2, 0.25) is 0 Å². The fourth-order valence-corrected chi connectivity index (χ4v) is 4.65. The molecule has 5 rings (SSSR count). The molecule has 0 unspecified atom stereocenters. The van der Waals surface area contributed by atoms with Gasteiger partial charge in [-0.25, -0.2) is 9.38 Å². The van der Waals surface area contributed by atoms with E-state index in [9.17, 15) is 9.18 Å². The third-order valence-electron chi connectivity index (χ3n) is 5.68. The molecule has 0 saturated heterocycles. The highest BCUT2D eigenvalue weighted by Crippen LogP contribution is 2.33. The minimum Gasteiger partial charge on any atom is -0.482 e. The summed E-state index contributed by atoms with van der Waals surface area (Å²) in [5.41, 5.74) is 6.78. The van der Waals surface area contributed by atoms with Crippen molar-refractivity contribution in [3.63, 3.8) is 0 Å². The molecule has 33 heavy (non-hydrogen) atoms. The number of benzene rings is 3. The average Bonchev–Trinajstić information content (AvgIpc) is 3.19. The highest BCUT2D eigenvalue weighted by atomic mass is 32.1. The lowest BCUT2D eigenvalue weighted by Crippen LogP contribution is -2.25. The van der Waals surface area contributed by atoms with Gasteiger partial charge in [0.25, 0.3) is 5.91 Å². The summed E-state index contributed by atoms with van der Waals surface area (Å²) in [6, 6.07) is 18.4.